The molecule has 0 aliphatic carbocycles. The van der Waals surface area contributed by atoms with Crippen LogP contribution in [0, 0.1) is 11.8 Å². The average molecular weight is 172 g/mol. The molecule has 5 heteroatoms. The van der Waals surface area contributed by atoms with Gasteiger partial charge in [0.25, 0.3) is 0 Å². The van der Waals surface area contributed by atoms with Crippen LogP contribution in [0.4, 0.5) is 0 Å². The van der Waals surface area contributed by atoms with Crippen LogP contribution in [-0.2, 0) is 19.1 Å². The molecule has 2 aliphatic rings. The molecule has 4 atom stereocenters. The van der Waals surface area contributed by atoms with Crippen LogP contribution in [0.5, 0.6) is 0 Å². The zero-order valence-corrected chi connectivity index (χ0v) is 6.17. The summed E-state index contributed by atoms with van der Waals surface area (Å²) in [7, 11) is 0. The van der Waals surface area contributed by atoms with Crippen molar-refractivity contribution in [2.24, 2.45) is 11.8 Å². The zero-order valence-electron chi connectivity index (χ0n) is 6.17. The summed E-state index contributed by atoms with van der Waals surface area (Å²) in [5, 5.41) is 9.21. The van der Waals surface area contributed by atoms with Gasteiger partial charge in [0.05, 0.1) is 12.5 Å². The summed E-state index contributed by atoms with van der Waals surface area (Å²) in [5.41, 5.74) is 0. The van der Waals surface area contributed by atoms with Gasteiger partial charge in [-0.1, -0.05) is 0 Å². The standard InChI is InChI=1S/C7H8O5/c8-1-3-5-4(12-6(3)9)2-11-7(5)10/h1,3-5,7,10H,2H2/t3?,4-,5-,7?/m0/s1. The van der Waals surface area contributed by atoms with E-state index in [0.29, 0.717) is 6.29 Å². The van der Waals surface area contributed by atoms with Gasteiger partial charge in [-0.05, 0) is 0 Å². The molecule has 0 radical (unpaired) electrons. The van der Waals surface area contributed by atoms with Crippen LogP contribution >= 0.6 is 0 Å². The van der Waals surface area contributed by atoms with Gasteiger partial charge in [-0.15, -0.1) is 0 Å². The first-order chi connectivity index (χ1) is 5.74. The Kier molecular flexibility index (Phi) is 1.62. The average Bonchev–Trinajstić information content (AvgIpc) is 2.52. The highest BCUT2D eigenvalue weighted by Crippen LogP contribution is 2.35. The van der Waals surface area contributed by atoms with Crippen LogP contribution in [0.3, 0.4) is 0 Å². The van der Waals surface area contributed by atoms with E-state index in [9.17, 15) is 14.7 Å². The highest BCUT2D eigenvalue weighted by Gasteiger charge is 2.52. The van der Waals surface area contributed by atoms with Gasteiger partial charge in [0.1, 0.15) is 18.3 Å². The molecule has 2 aliphatic heterocycles. The summed E-state index contributed by atoms with van der Waals surface area (Å²) in [4.78, 5) is 21.4. The van der Waals surface area contributed by atoms with Crippen LogP contribution < -0.4 is 0 Å². The van der Waals surface area contributed by atoms with Crippen molar-refractivity contribution in [3.8, 4) is 0 Å². The van der Waals surface area contributed by atoms with Crippen molar-refractivity contribution >= 4 is 12.3 Å². The smallest absolute Gasteiger partial charge is 0.317 e. The number of hydrogen-bond acceptors (Lipinski definition) is 5. The van der Waals surface area contributed by atoms with Crippen molar-refractivity contribution in [1.82, 2.24) is 0 Å². The van der Waals surface area contributed by atoms with E-state index < -0.39 is 30.2 Å². The molecular formula is C7H8O5. The molecule has 12 heavy (non-hydrogen) atoms. The van der Waals surface area contributed by atoms with E-state index >= 15 is 0 Å². The van der Waals surface area contributed by atoms with E-state index in [4.69, 9.17) is 9.47 Å². The fourth-order valence-corrected chi connectivity index (χ4v) is 1.65. The monoisotopic (exact) mass is 172 g/mol. The third-order valence-corrected chi connectivity index (χ3v) is 2.29. The molecule has 2 heterocycles. The minimum absolute atomic E-state index is 0.182. The first kappa shape index (κ1) is 7.70. The van der Waals surface area contributed by atoms with E-state index in [2.05, 4.69) is 0 Å². The SMILES string of the molecule is O=CC1C(=O)O[C@H]2COC(O)[C@@H]12. The number of esters is 1. The Morgan fingerprint density at radius 2 is 2.33 bits per heavy atom. The van der Waals surface area contributed by atoms with Crippen LogP contribution in [0.25, 0.3) is 0 Å². The number of ether oxygens (including phenoxy) is 2. The van der Waals surface area contributed by atoms with Gasteiger partial charge < -0.3 is 19.4 Å². The van der Waals surface area contributed by atoms with Gasteiger partial charge in [-0.25, -0.2) is 0 Å². The summed E-state index contributed by atoms with van der Waals surface area (Å²) in [5.74, 6) is -1.91. The summed E-state index contributed by atoms with van der Waals surface area (Å²) in [6.45, 7) is 0.182. The second-order valence-corrected chi connectivity index (χ2v) is 2.94. The number of carbonyl (C=O) groups is 2. The van der Waals surface area contributed by atoms with Gasteiger partial charge in [0, 0.05) is 0 Å². The van der Waals surface area contributed by atoms with Crippen LogP contribution in [0.15, 0.2) is 0 Å². The molecule has 2 unspecified atom stereocenters. The number of aliphatic hydroxyl groups is 1. The molecule has 66 valence electrons. The van der Waals surface area contributed by atoms with Crippen LogP contribution in [-0.4, -0.2) is 36.4 Å². The molecule has 2 fully saturated rings. The Morgan fingerprint density at radius 1 is 1.58 bits per heavy atom. The van der Waals surface area contributed by atoms with Gasteiger partial charge in [0.2, 0.25) is 0 Å². The largest absolute Gasteiger partial charge is 0.459 e. The lowest BCUT2D eigenvalue weighted by Gasteiger charge is -2.10. The van der Waals surface area contributed by atoms with Gasteiger partial charge in [0.15, 0.2) is 6.29 Å². The van der Waals surface area contributed by atoms with Crippen molar-refractivity contribution in [3.05, 3.63) is 0 Å². The Bertz CT molecular complexity index is 226. The van der Waals surface area contributed by atoms with E-state index in [0.717, 1.165) is 0 Å². The van der Waals surface area contributed by atoms with Crippen LogP contribution in [0.1, 0.15) is 0 Å². The second-order valence-electron chi connectivity index (χ2n) is 2.94. The summed E-state index contributed by atoms with van der Waals surface area (Å²) in [6.07, 6.45) is -0.982. The topological polar surface area (TPSA) is 72.8 Å². The van der Waals surface area contributed by atoms with Crippen molar-refractivity contribution in [2.75, 3.05) is 6.61 Å². The number of aliphatic hydroxyl groups excluding tert-OH is 1. The Morgan fingerprint density at radius 3 is 3.00 bits per heavy atom. The van der Waals surface area contributed by atoms with Crippen LogP contribution in [0.2, 0.25) is 0 Å². The predicted molar refractivity (Wildman–Crippen MR) is 34.9 cm³/mol. The summed E-state index contributed by atoms with van der Waals surface area (Å²) < 4.78 is 9.62. The second kappa shape index (κ2) is 2.53. The maximum absolute atomic E-state index is 10.9. The first-order valence-electron chi connectivity index (χ1n) is 3.69. The highest BCUT2D eigenvalue weighted by atomic mass is 16.6. The Labute approximate surface area is 68.3 Å². The quantitative estimate of drug-likeness (QED) is 0.302. The molecule has 2 rings (SSSR count). The molecular weight excluding hydrogens is 164 g/mol. The van der Waals surface area contributed by atoms with E-state index in [1.54, 1.807) is 0 Å². The van der Waals surface area contributed by atoms with Crippen molar-refractivity contribution in [3.63, 3.8) is 0 Å². The molecule has 0 aromatic carbocycles. The lowest BCUT2D eigenvalue weighted by molar-refractivity contribution is -0.150. The number of hydrogen-bond donors (Lipinski definition) is 1. The Balaban J connectivity index is 2.23. The molecule has 1 N–H and O–H groups in total. The molecule has 0 saturated carbocycles. The van der Waals surface area contributed by atoms with Crippen molar-refractivity contribution < 1.29 is 24.2 Å². The number of rotatable bonds is 1. The van der Waals surface area contributed by atoms with Gasteiger partial charge in [-0.2, -0.15) is 0 Å². The molecule has 0 aromatic rings. The predicted octanol–water partition coefficient (Wildman–Crippen LogP) is -1.31. The van der Waals surface area contributed by atoms with E-state index in [-0.39, 0.29) is 6.61 Å². The third-order valence-electron chi connectivity index (χ3n) is 2.29. The molecule has 5 nitrogen and oxygen atoms in total. The first-order valence-corrected chi connectivity index (χ1v) is 3.69. The summed E-state index contributed by atoms with van der Waals surface area (Å²) in [6, 6.07) is 0. The van der Waals surface area contributed by atoms with Crippen molar-refractivity contribution in [2.45, 2.75) is 12.4 Å². The third kappa shape index (κ3) is 0.867. The maximum atomic E-state index is 10.9. The minimum atomic E-state index is -1.04. The van der Waals surface area contributed by atoms with Crippen molar-refractivity contribution in [1.29, 1.82) is 0 Å². The lowest BCUT2D eigenvalue weighted by atomic mass is 9.93. The van der Waals surface area contributed by atoms with E-state index in [1.165, 1.54) is 0 Å². The normalized spacial score (nSPS) is 45.6. The molecule has 0 bridgehead atoms. The maximum Gasteiger partial charge on any atom is 0.317 e. The molecule has 0 spiro atoms. The number of fused-ring (bicyclic) bond motifs is 1. The number of carbonyl (C=O) groups excluding carboxylic acids is 2. The molecule has 0 aromatic heterocycles. The lowest BCUT2D eigenvalue weighted by Crippen LogP contribution is -2.27. The highest BCUT2D eigenvalue weighted by molar-refractivity contribution is 5.90. The summed E-state index contributed by atoms with van der Waals surface area (Å²) >= 11 is 0. The van der Waals surface area contributed by atoms with Gasteiger partial charge in [-0.3, -0.25) is 4.79 Å². The fraction of sp³-hybridized carbons (Fsp3) is 0.714. The minimum Gasteiger partial charge on any atom is -0.459 e. The molecule has 2 saturated heterocycles. The fourth-order valence-electron chi connectivity index (χ4n) is 1.65. The van der Waals surface area contributed by atoms with Gasteiger partial charge >= 0.3 is 5.97 Å². The number of aldehydes is 1. The Hall–Kier alpha value is -0.940. The van der Waals surface area contributed by atoms with E-state index in [1.807, 2.05) is 0 Å². The molecule has 0 amide bonds. The zero-order chi connectivity index (χ0) is 8.72.